The van der Waals surface area contributed by atoms with Crippen LogP contribution in [0.25, 0.3) is 0 Å². The van der Waals surface area contributed by atoms with Crippen molar-refractivity contribution in [3.8, 4) is 0 Å². The van der Waals surface area contributed by atoms with Crippen LogP contribution < -0.4 is 11.1 Å². The Bertz CT molecular complexity index is 204. The summed E-state index contributed by atoms with van der Waals surface area (Å²) in [7, 11) is 0. The molecular weight excluding hydrogens is 234 g/mol. The van der Waals surface area contributed by atoms with Gasteiger partial charge in [-0.25, -0.2) is 0 Å². The highest BCUT2D eigenvalue weighted by molar-refractivity contribution is 9.10. The quantitative estimate of drug-likeness (QED) is 0.614. The van der Waals surface area contributed by atoms with E-state index in [-0.39, 0.29) is 12.4 Å². The van der Waals surface area contributed by atoms with Crippen molar-refractivity contribution in [2.24, 2.45) is 0 Å². The van der Waals surface area contributed by atoms with Crippen molar-refractivity contribution in [2.45, 2.75) is 0 Å². The zero-order valence-electron chi connectivity index (χ0n) is 5.47. The second-order valence-electron chi connectivity index (χ2n) is 1.73. The first kappa shape index (κ1) is 10.7. The monoisotopic (exact) mass is 240 g/mol. The molecule has 0 aliphatic heterocycles. The van der Waals surface area contributed by atoms with Crippen LogP contribution in [-0.2, 0) is 0 Å². The smallest absolute Gasteiger partial charge is 0.0513 e. The molecule has 0 bridgehead atoms. The standard InChI is InChI=1S/C6H6BrFN2.ClH/c7-5-1-3-6(4-2-5)9-10-8;/h1-4,9-10H;1H. The molecule has 0 aromatic heterocycles. The van der Waals surface area contributed by atoms with Crippen LogP contribution in [0.2, 0.25) is 0 Å². The number of hydrazine groups is 1. The SMILES string of the molecule is Cl.FNNc1ccc(Br)cc1. The Hall–Kier alpha value is -0.320. The fourth-order valence-electron chi connectivity index (χ4n) is 0.588. The van der Waals surface area contributed by atoms with E-state index in [1.165, 1.54) is 5.65 Å². The summed E-state index contributed by atoms with van der Waals surface area (Å²) in [4.78, 5) is 0. The molecule has 1 aromatic rings. The molecule has 5 heteroatoms. The lowest BCUT2D eigenvalue weighted by Crippen LogP contribution is -2.09. The van der Waals surface area contributed by atoms with E-state index in [9.17, 15) is 4.48 Å². The third-order valence-electron chi connectivity index (χ3n) is 1.04. The molecule has 1 aromatic carbocycles. The lowest BCUT2D eigenvalue weighted by atomic mass is 10.3. The van der Waals surface area contributed by atoms with Crippen molar-refractivity contribution in [1.29, 1.82) is 0 Å². The highest BCUT2D eigenvalue weighted by Crippen LogP contribution is 2.12. The van der Waals surface area contributed by atoms with Gasteiger partial charge in [0.15, 0.2) is 0 Å². The molecule has 0 amide bonds. The summed E-state index contributed by atoms with van der Waals surface area (Å²) < 4.78 is 12.4. The van der Waals surface area contributed by atoms with Gasteiger partial charge in [-0.05, 0) is 24.3 Å². The van der Waals surface area contributed by atoms with Crippen LogP contribution in [0.3, 0.4) is 0 Å². The number of hydrogen-bond donors (Lipinski definition) is 2. The zero-order chi connectivity index (χ0) is 7.40. The van der Waals surface area contributed by atoms with Crippen LogP contribution in [0.15, 0.2) is 28.7 Å². The summed E-state index contributed by atoms with van der Waals surface area (Å²) in [5.41, 5.74) is 4.32. The molecule has 0 unspecified atom stereocenters. The van der Waals surface area contributed by atoms with Gasteiger partial charge in [-0.2, -0.15) is 0 Å². The third kappa shape index (κ3) is 3.55. The predicted octanol–water partition coefficient (Wildman–Crippen LogP) is 2.67. The van der Waals surface area contributed by atoms with Crippen molar-refractivity contribution in [1.82, 2.24) is 5.65 Å². The second-order valence-corrected chi connectivity index (χ2v) is 2.64. The van der Waals surface area contributed by atoms with E-state index >= 15 is 0 Å². The van der Waals surface area contributed by atoms with Gasteiger partial charge in [0, 0.05) is 4.47 Å². The first-order chi connectivity index (χ1) is 4.83. The van der Waals surface area contributed by atoms with Gasteiger partial charge in [0.2, 0.25) is 0 Å². The molecular formula is C6H7BrClFN2. The van der Waals surface area contributed by atoms with E-state index in [0.29, 0.717) is 5.69 Å². The number of halogens is 3. The lowest BCUT2D eigenvalue weighted by Gasteiger charge is -1.99. The van der Waals surface area contributed by atoms with E-state index in [0.717, 1.165) is 4.47 Å². The maximum Gasteiger partial charge on any atom is 0.0513 e. The highest BCUT2D eigenvalue weighted by atomic mass is 79.9. The van der Waals surface area contributed by atoms with Crippen molar-refractivity contribution in [3.05, 3.63) is 28.7 Å². The molecule has 0 fully saturated rings. The van der Waals surface area contributed by atoms with Gasteiger partial charge in [-0.3, -0.25) is 5.43 Å². The van der Waals surface area contributed by atoms with E-state index in [4.69, 9.17) is 0 Å². The van der Waals surface area contributed by atoms with Gasteiger partial charge >= 0.3 is 0 Å². The van der Waals surface area contributed by atoms with Gasteiger partial charge in [0.05, 0.1) is 5.69 Å². The van der Waals surface area contributed by atoms with Gasteiger partial charge in [0.25, 0.3) is 0 Å². The minimum atomic E-state index is 0. The van der Waals surface area contributed by atoms with Crippen molar-refractivity contribution < 1.29 is 4.48 Å². The average Bonchev–Trinajstić information content (AvgIpc) is 1.95. The molecule has 0 saturated carbocycles. The molecule has 2 nitrogen and oxygen atoms in total. The molecule has 0 radical (unpaired) electrons. The van der Waals surface area contributed by atoms with Crippen LogP contribution in [0, 0.1) is 0 Å². The fourth-order valence-corrected chi connectivity index (χ4v) is 0.852. The first-order valence-corrected chi connectivity index (χ1v) is 3.49. The van der Waals surface area contributed by atoms with E-state index in [2.05, 4.69) is 21.4 Å². The Morgan fingerprint density at radius 2 is 1.73 bits per heavy atom. The summed E-state index contributed by atoms with van der Waals surface area (Å²) in [6.45, 7) is 0. The number of benzene rings is 1. The van der Waals surface area contributed by atoms with Gasteiger partial charge in [0.1, 0.15) is 0 Å². The van der Waals surface area contributed by atoms with Crippen LogP contribution in [0.4, 0.5) is 10.2 Å². The van der Waals surface area contributed by atoms with E-state index < -0.39 is 0 Å². The molecule has 0 aliphatic rings. The molecule has 11 heavy (non-hydrogen) atoms. The van der Waals surface area contributed by atoms with Crippen molar-refractivity contribution in [2.75, 3.05) is 5.43 Å². The molecule has 0 atom stereocenters. The summed E-state index contributed by atoms with van der Waals surface area (Å²) in [6, 6.07) is 7.13. The minimum absolute atomic E-state index is 0. The Morgan fingerprint density at radius 1 is 1.18 bits per heavy atom. The van der Waals surface area contributed by atoms with E-state index in [1.54, 1.807) is 12.1 Å². The van der Waals surface area contributed by atoms with Crippen LogP contribution in [0.1, 0.15) is 0 Å². The van der Waals surface area contributed by atoms with Gasteiger partial charge in [-0.1, -0.05) is 21.6 Å². The molecule has 0 saturated heterocycles. The molecule has 0 heterocycles. The first-order valence-electron chi connectivity index (χ1n) is 2.70. The highest BCUT2D eigenvalue weighted by Gasteiger charge is 1.87. The molecule has 0 aliphatic carbocycles. The Balaban J connectivity index is 0.000001000. The van der Waals surface area contributed by atoms with Crippen LogP contribution in [0.5, 0.6) is 0 Å². The Morgan fingerprint density at radius 3 is 2.18 bits per heavy atom. The normalized spacial score (nSPS) is 8.55. The molecule has 2 N–H and O–H groups in total. The Kier molecular flexibility index (Phi) is 5.19. The minimum Gasteiger partial charge on any atom is -0.295 e. The van der Waals surface area contributed by atoms with Crippen molar-refractivity contribution >= 4 is 34.0 Å². The Labute approximate surface area is 78.6 Å². The molecule has 0 spiro atoms. The van der Waals surface area contributed by atoms with Crippen LogP contribution >= 0.6 is 28.3 Å². The molecule has 1 rings (SSSR count). The zero-order valence-corrected chi connectivity index (χ0v) is 7.88. The van der Waals surface area contributed by atoms with Crippen LogP contribution in [-0.4, -0.2) is 0 Å². The number of nitrogens with one attached hydrogen (secondary N) is 2. The van der Waals surface area contributed by atoms with Crippen molar-refractivity contribution in [3.63, 3.8) is 0 Å². The summed E-state index contributed by atoms with van der Waals surface area (Å²) >= 11 is 3.25. The maximum atomic E-state index is 11.4. The largest absolute Gasteiger partial charge is 0.295 e. The second kappa shape index (κ2) is 5.35. The van der Waals surface area contributed by atoms with E-state index in [1.807, 2.05) is 12.1 Å². The average molecular weight is 241 g/mol. The number of rotatable bonds is 2. The summed E-state index contributed by atoms with van der Waals surface area (Å²) in [5.74, 6) is 0. The summed E-state index contributed by atoms with van der Waals surface area (Å²) in [5, 5.41) is 0. The van der Waals surface area contributed by atoms with Gasteiger partial charge in [-0.15, -0.1) is 16.9 Å². The predicted molar refractivity (Wildman–Crippen MR) is 49.3 cm³/mol. The number of hydrogen-bond acceptors (Lipinski definition) is 2. The maximum absolute atomic E-state index is 11.4. The topological polar surface area (TPSA) is 24.1 Å². The lowest BCUT2D eigenvalue weighted by molar-refractivity contribution is 0.376. The third-order valence-corrected chi connectivity index (χ3v) is 1.56. The fraction of sp³-hybridized carbons (Fsp3) is 0. The summed E-state index contributed by atoms with van der Waals surface area (Å²) in [6.07, 6.45) is 0. The molecule has 62 valence electrons. The van der Waals surface area contributed by atoms with Gasteiger partial charge < -0.3 is 0 Å². The number of anilines is 1.